The number of hydrogen-bond donors (Lipinski definition) is 0. The summed E-state index contributed by atoms with van der Waals surface area (Å²) in [6, 6.07) is 6.76. The second kappa shape index (κ2) is 5.89. The normalized spacial score (nSPS) is 34.7. The molecule has 4 rings (SSSR count). The summed E-state index contributed by atoms with van der Waals surface area (Å²) in [6.45, 7) is 7.41. The molecule has 1 aromatic rings. The highest BCUT2D eigenvalue weighted by atomic mass is 16.5. The quantitative estimate of drug-likeness (QED) is 0.768. The summed E-state index contributed by atoms with van der Waals surface area (Å²) in [5.41, 5.74) is 3.02. The van der Waals surface area contributed by atoms with Crippen molar-refractivity contribution in [2.24, 2.45) is 23.2 Å². The molecule has 0 aromatic heterocycles. The smallest absolute Gasteiger partial charge is 0.139 e. The third-order valence-corrected chi connectivity index (χ3v) is 6.99. The molecule has 0 amide bonds. The van der Waals surface area contributed by atoms with Gasteiger partial charge < -0.3 is 4.74 Å². The fourth-order valence-corrected chi connectivity index (χ4v) is 5.68. The maximum Gasteiger partial charge on any atom is 0.139 e. The number of carbonyl (C=O) groups is 1. The van der Waals surface area contributed by atoms with Crippen LogP contribution in [0.25, 0.3) is 0 Å². The molecule has 0 N–H and O–H groups in total. The van der Waals surface area contributed by atoms with E-state index in [4.69, 9.17) is 4.74 Å². The van der Waals surface area contributed by atoms with Crippen molar-refractivity contribution in [1.82, 2.24) is 0 Å². The Morgan fingerprint density at radius 3 is 2.83 bits per heavy atom. The molecule has 3 aliphatic rings. The number of fused-ring (bicyclic) bond motifs is 5. The number of rotatable bonds is 3. The molecule has 3 aliphatic carbocycles. The van der Waals surface area contributed by atoms with Gasteiger partial charge in [0.25, 0.3) is 0 Å². The molecule has 0 heterocycles. The van der Waals surface area contributed by atoms with E-state index in [2.05, 4.69) is 39.0 Å². The molecule has 1 aromatic carbocycles. The number of carbonyl (C=O) groups excluding carboxylic acids is 1. The molecule has 4 atom stereocenters. The maximum atomic E-state index is 12.4. The Morgan fingerprint density at radius 2 is 2.04 bits per heavy atom. The monoisotopic (exact) mass is 326 g/mol. The number of Topliss-reactive ketones (excluding diaryl/α,β-unsaturated/α-hetero) is 1. The Morgan fingerprint density at radius 1 is 1.21 bits per heavy atom. The van der Waals surface area contributed by atoms with Crippen LogP contribution in [-0.2, 0) is 11.2 Å². The molecule has 0 saturated heterocycles. The van der Waals surface area contributed by atoms with Crippen LogP contribution in [-0.4, -0.2) is 12.4 Å². The SMILES string of the molecule is CC(C)COc1ccc2c(c1)CC[C@@H]1[C@@H]2CC[C@]2(C)C(=O)CC[C@H]12. The zero-order chi connectivity index (χ0) is 16.9. The van der Waals surface area contributed by atoms with Crippen LogP contribution in [0.4, 0.5) is 0 Å². The van der Waals surface area contributed by atoms with Gasteiger partial charge in [-0.2, -0.15) is 0 Å². The highest BCUT2D eigenvalue weighted by Crippen LogP contribution is 2.59. The Labute approximate surface area is 146 Å². The van der Waals surface area contributed by atoms with Gasteiger partial charge in [0.1, 0.15) is 11.5 Å². The van der Waals surface area contributed by atoms with Gasteiger partial charge in [-0.15, -0.1) is 0 Å². The van der Waals surface area contributed by atoms with Crippen LogP contribution >= 0.6 is 0 Å². The number of ketones is 1. The minimum Gasteiger partial charge on any atom is -0.493 e. The molecule has 0 aliphatic heterocycles. The fourth-order valence-electron chi connectivity index (χ4n) is 5.68. The van der Waals surface area contributed by atoms with Gasteiger partial charge in [0.15, 0.2) is 0 Å². The van der Waals surface area contributed by atoms with Crippen LogP contribution < -0.4 is 4.74 Å². The lowest BCUT2D eigenvalue weighted by Crippen LogP contribution is -2.42. The zero-order valence-electron chi connectivity index (χ0n) is 15.3. The molecular formula is C22H30O2. The lowest BCUT2D eigenvalue weighted by atomic mass is 9.55. The van der Waals surface area contributed by atoms with Gasteiger partial charge in [-0.25, -0.2) is 0 Å². The molecule has 2 nitrogen and oxygen atoms in total. The molecule has 0 unspecified atom stereocenters. The summed E-state index contributed by atoms with van der Waals surface area (Å²) in [4.78, 5) is 12.4. The molecule has 2 heteroatoms. The average Bonchev–Trinajstić information content (AvgIpc) is 2.88. The summed E-state index contributed by atoms with van der Waals surface area (Å²) in [7, 11) is 0. The van der Waals surface area contributed by atoms with Gasteiger partial charge in [-0.05, 0) is 79.0 Å². The predicted octanol–water partition coefficient (Wildman–Crippen LogP) is 5.15. The summed E-state index contributed by atoms with van der Waals surface area (Å²) >= 11 is 0. The molecule has 130 valence electrons. The number of aryl methyl sites for hydroxylation is 1. The largest absolute Gasteiger partial charge is 0.493 e. The van der Waals surface area contributed by atoms with E-state index in [-0.39, 0.29) is 5.41 Å². The van der Waals surface area contributed by atoms with Crippen LogP contribution in [0.15, 0.2) is 18.2 Å². The van der Waals surface area contributed by atoms with E-state index in [9.17, 15) is 4.79 Å². The van der Waals surface area contributed by atoms with Crippen LogP contribution in [0.3, 0.4) is 0 Å². The fraction of sp³-hybridized carbons (Fsp3) is 0.682. The Bertz CT molecular complexity index is 647. The van der Waals surface area contributed by atoms with E-state index in [1.165, 1.54) is 18.4 Å². The van der Waals surface area contributed by atoms with E-state index in [1.807, 2.05) is 0 Å². The first-order valence-electron chi connectivity index (χ1n) is 9.78. The second-order valence-corrected chi connectivity index (χ2v) is 8.90. The standard InChI is InChI=1S/C22H30O2/c1-14(2)13-24-16-5-7-17-15(12-16)4-6-19-18(17)10-11-22(3)20(19)8-9-21(22)23/h5,7,12,14,18-20H,4,6,8-11,13H2,1-3H3/t18-,19-,20-,22+/m1/s1. The van der Waals surface area contributed by atoms with E-state index in [0.29, 0.717) is 29.5 Å². The van der Waals surface area contributed by atoms with Crippen molar-refractivity contribution in [2.75, 3.05) is 6.61 Å². The van der Waals surface area contributed by atoms with Crippen molar-refractivity contribution in [3.05, 3.63) is 29.3 Å². The van der Waals surface area contributed by atoms with Crippen molar-refractivity contribution in [3.63, 3.8) is 0 Å². The molecule has 24 heavy (non-hydrogen) atoms. The highest BCUT2D eigenvalue weighted by Gasteiger charge is 2.54. The van der Waals surface area contributed by atoms with Gasteiger partial charge in [-0.1, -0.05) is 26.8 Å². The topological polar surface area (TPSA) is 26.3 Å². The lowest BCUT2D eigenvalue weighted by molar-refractivity contribution is -0.129. The number of hydrogen-bond acceptors (Lipinski definition) is 2. The van der Waals surface area contributed by atoms with Crippen molar-refractivity contribution in [2.45, 2.75) is 65.2 Å². The highest BCUT2D eigenvalue weighted by molar-refractivity contribution is 5.87. The third kappa shape index (κ3) is 2.50. The first kappa shape index (κ1) is 16.2. The summed E-state index contributed by atoms with van der Waals surface area (Å²) in [6.07, 6.45) is 6.61. The van der Waals surface area contributed by atoms with Crippen molar-refractivity contribution in [3.8, 4) is 5.75 Å². The van der Waals surface area contributed by atoms with Gasteiger partial charge in [0, 0.05) is 11.8 Å². The van der Waals surface area contributed by atoms with E-state index in [0.717, 1.165) is 38.0 Å². The van der Waals surface area contributed by atoms with Crippen molar-refractivity contribution < 1.29 is 9.53 Å². The van der Waals surface area contributed by atoms with Crippen LogP contribution in [0.5, 0.6) is 5.75 Å². The molecule has 0 radical (unpaired) electrons. The van der Waals surface area contributed by atoms with Crippen LogP contribution in [0.2, 0.25) is 0 Å². The van der Waals surface area contributed by atoms with Gasteiger partial charge in [-0.3, -0.25) is 4.79 Å². The Balaban J connectivity index is 1.58. The van der Waals surface area contributed by atoms with Gasteiger partial charge in [0.05, 0.1) is 6.61 Å². The minimum atomic E-state index is -0.0149. The predicted molar refractivity (Wildman–Crippen MR) is 96.4 cm³/mol. The summed E-state index contributed by atoms with van der Waals surface area (Å²) < 4.78 is 5.92. The minimum absolute atomic E-state index is 0.0149. The van der Waals surface area contributed by atoms with Crippen molar-refractivity contribution in [1.29, 1.82) is 0 Å². The van der Waals surface area contributed by atoms with Crippen LogP contribution in [0.1, 0.15) is 69.9 Å². The first-order valence-corrected chi connectivity index (χ1v) is 9.78. The second-order valence-electron chi connectivity index (χ2n) is 8.90. The summed E-state index contributed by atoms with van der Waals surface area (Å²) in [5, 5.41) is 0. The van der Waals surface area contributed by atoms with Crippen LogP contribution in [0, 0.1) is 23.2 Å². The van der Waals surface area contributed by atoms with Gasteiger partial charge >= 0.3 is 0 Å². The van der Waals surface area contributed by atoms with Crippen molar-refractivity contribution >= 4 is 5.78 Å². The molecule has 0 bridgehead atoms. The van der Waals surface area contributed by atoms with Gasteiger partial charge in [0.2, 0.25) is 0 Å². The molecule has 2 fully saturated rings. The summed E-state index contributed by atoms with van der Waals surface area (Å²) in [5.74, 6) is 4.11. The average molecular weight is 326 g/mol. The number of ether oxygens (including phenoxy) is 1. The lowest BCUT2D eigenvalue weighted by Gasteiger charge is -2.48. The molecule has 0 spiro atoms. The van der Waals surface area contributed by atoms with E-state index in [1.54, 1.807) is 5.56 Å². The Kier molecular flexibility index (Phi) is 3.97. The van der Waals surface area contributed by atoms with E-state index >= 15 is 0 Å². The zero-order valence-corrected chi connectivity index (χ0v) is 15.3. The molecule has 2 saturated carbocycles. The maximum absolute atomic E-state index is 12.4. The first-order chi connectivity index (χ1) is 11.5. The third-order valence-electron chi connectivity index (χ3n) is 6.99. The Hall–Kier alpha value is -1.31. The number of benzene rings is 1. The molecular weight excluding hydrogens is 296 g/mol. The van der Waals surface area contributed by atoms with E-state index < -0.39 is 0 Å².